The van der Waals surface area contributed by atoms with Crippen LogP contribution in [0.3, 0.4) is 0 Å². The minimum atomic E-state index is -0.467. The molecule has 1 saturated heterocycles. The van der Waals surface area contributed by atoms with Crippen molar-refractivity contribution in [2.24, 2.45) is 5.73 Å². The van der Waals surface area contributed by atoms with Gasteiger partial charge in [0.2, 0.25) is 0 Å². The lowest BCUT2D eigenvalue weighted by Crippen LogP contribution is -2.45. The molecule has 1 aliphatic rings. The summed E-state index contributed by atoms with van der Waals surface area (Å²) in [6.45, 7) is 4.29. The molecule has 1 atom stereocenters. The Bertz CT molecular complexity index is 493. The molecule has 1 fully saturated rings. The molecule has 1 amide bonds. The van der Waals surface area contributed by atoms with Gasteiger partial charge >= 0.3 is 0 Å². The molecule has 6 heteroatoms. The number of benzene rings is 1. The van der Waals surface area contributed by atoms with Crippen molar-refractivity contribution in [2.75, 3.05) is 46.9 Å². The molecule has 0 saturated carbocycles. The smallest absolute Gasteiger partial charge is 0.255 e. The predicted octanol–water partition coefficient (Wildman–Crippen LogP) is 0.313. The third-order valence-corrected chi connectivity index (χ3v) is 3.48. The van der Waals surface area contributed by atoms with E-state index < -0.39 is 5.91 Å². The first-order chi connectivity index (χ1) is 10.5. The molecule has 0 unspecified atom stereocenters. The molecule has 0 aliphatic carbocycles. The van der Waals surface area contributed by atoms with Gasteiger partial charge in [-0.15, -0.1) is 0 Å². The highest BCUT2D eigenvalue weighted by Gasteiger charge is 2.21. The second-order valence-electron chi connectivity index (χ2n) is 5.89. The van der Waals surface area contributed by atoms with Crippen molar-refractivity contribution in [1.82, 2.24) is 9.80 Å². The molecule has 2 N–H and O–H groups in total. The van der Waals surface area contributed by atoms with E-state index in [1.807, 2.05) is 18.2 Å². The van der Waals surface area contributed by atoms with Gasteiger partial charge in [0.15, 0.2) is 6.61 Å². The van der Waals surface area contributed by atoms with Crippen LogP contribution >= 0.6 is 0 Å². The van der Waals surface area contributed by atoms with Crippen LogP contribution in [0.5, 0.6) is 5.75 Å². The molecule has 122 valence electrons. The van der Waals surface area contributed by atoms with E-state index in [0.717, 1.165) is 38.3 Å². The molecule has 1 aromatic carbocycles. The maximum absolute atomic E-state index is 10.8. The Morgan fingerprint density at radius 3 is 3.05 bits per heavy atom. The minimum absolute atomic E-state index is 0.0914. The zero-order chi connectivity index (χ0) is 15.9. The van der Waals surface area contributed by atoms with E-state index in [0.29, 0.717) is 5.75 Å². The van der Waals surface area contributed by atoms with Crippen molar-refractivity contribution in [2.45, 2.75) is 12.6 Å². The van der Waals surface area contributed by atoms with Gasteiger partial charge in [0.1, 0.15) is 5.75 Å². The average Bonchev–Trinajstić information content (AvgIpc) is 2.45. The zero-order valence-electron chi connectivity index (χ0n) is 13.3. The summed E-state index contributed by atoms with van der Waals surface area (Å²) in [5.41, 5.74) is 6.25. The Balaban J connectivity index is 1.89. The van der Waals surface area contributed by atoms with E-state index >= 15 is 0 Å². The first-order valence-corrected chi connectivity index (χ1v) is 7.51. The summed E-state index contributed by atoms with van der Waals surface area (Å²) < 4.78 is 11.1. The van der Waals surface area contributed by atoms with Gasteiger partial charge in [-0.3, -0.25) is 9.69 Å². The van der Waals surface area contributed by atoms with Gasteiger partial charge in [0.05, 0.1) is 12.7 Å². The normalized spacial score (nSPS) is 19.3. The van der Waals surface area contributed by atoms with Gasteiger partial charge in [-0.25, -0.2) is 0 Å². The summed E-state index contributed by atoms with van der Waals surface area (Å²) in [5.74, 6) is 0.208. The second-order valence-corrected chi connectivity index (χ2v) is 5.89. The van der Waals surface area contributed by atoms with Gasteiger partial charge in [-0.05, 0) is 31.8 Å². The lowest BCUT2D eigenvalue weighted by molar-refractivity contribution is -0.119. The maximum Gasteiger partial charge on any atom is 0.255 e. The highest BCUT2D eigenvalue weighted by atomic mass is 16.5. The molecule has 1 aliphatic heterocycles. The van der Waals surface area contributed by atoms with Crippen LogP contribution in [-0.2, 0) is 16.1 Å². The molecule has 6 nitrogen and oxygen atoms in total. The van der Waals surface area contributed by atoms with Gasteiger partial charge in [-0.2, -0.15) is 0 Å². The average molecular weight is 307 g/mol. The van der Waals surface area contributed by atoms with Crippen LogP contribution in [0.4, 0.5) is 0 Å². The number of amides is 1. The monoisotopic (exact) mass is 307 g/mol. The van der Waals surface area contributed by atoms with Crippen LogP contribution in [0.1, 0.15) is 5.56 Å². The predicted molar refractivity (Wildman–Crippen MR) is 84.7 cm³/mol. The molecule has 0 bridgehead atoms. The second kappa shape index (κ2) is 8.12. The molecule has 0 spiro atoms. The quantitative estimate of drug-likeness (QED) is 0.785. The number of rotatable bonds is 7. The number of hydrogen-bond acceptors (Lipinski definition) is 5. The molecule has 1 heterocycles. The van der Waals surface area contributed by atoms with E-state index in [1.54, 1.807) is 0 Å². The number of morpholine rings is 1. The van der Waals surface area contributed by atoms with Gasteiger partial charge in [0, 0.05) is 26.2 Å². The fourth-order valence-electron chi connectivity index (χ4n) is 2.59. The van der Waals surface area contributed by atoms with Crippen molar-refractivity contribution >= 4 is 5.91 Å². The number of carbonyl (C=O) groups excluding carboxylic acids is 1. The highest BCUT2D eigenvalue weighted by Crippen LogP contribution is 2.16. The highest BCUT2D eigenvalue weighted by molar-refractivity contribution is 5.75. The van der Waals surface area contributed by atoms with Crippen molar-refractivity contribution in [3.8, 4) is 5.75 Å². The first-order valence-electron chi connectivity index (χ1n) is 7.51. The fourth-order valence-corrected chi connectivity index (χ4v) is 2.59. The molecule has 0 radical (unpaired) electrons. The third-order valence-electron chi connectivity index (χ3n) is 3.48. The SMILES string of the molecule is CN(C)C[C@H]1CN(Cc2cccc(OCC(N)=O)c2)CCO1. The lowest BCUT2D eigenvalue weighted by atomic mass is 10.1. The molecule has 0 aromatic heterocycles. The Hall–Kier alpha value is -1.63. The summed E-state index contributed by atoms with van der Waals surface area (Å²) in [6, 6.07) is 7.79. The van der Waals surface area contributed by atoms with Gasteiger partial charge in [0.25, 0.3) is 5.91 Å². The summed E-state index contributed by atoms with van der Waals surface area (Å²) >= 11 is 0. The van der Waals surface area contributed by atoms with Gasteiger partial charge < -0.3 is 20.1 Å². The minimum Gasteiger partial charge on any atom is -0.484 e. The maximum atomic E-state index is 10.8. The summed E-state index contributed by atoms with van der Waals surface area (Å²) in [5, 5.41) is 0. The molecule has 2 rings (SSSR count). The first kappa shape index (κ1) is 16.7. The number of primary amides is 1. The summed E-state index contributed by atoms with van der Waals surface area (Å²) in [7, 11) is 4.11. The van der Waals surface area contributed by atoms with Crippen molar-refractivity contribution in [3.05, 3.63) is 29.8 Å². The largest absolute Gasteiger partial charge is 0.484 e. The number of ether oxygens (including phenoxy) is 2. The Morgan fingerprint density at radius 1 is 1.50 bits per heavy atom. The van der Waals surface area contributed by atoms with E-state index in [2.05, 4.69) is 30.0 Å². The molecular weight excluding hydrogens is 282 g/mol. The van der Waals surface area contributed by atoms with Crippen LogP contribution in [0, 0.1) is 0 Å². The number of likely N-dealkylation sites (N-methyl/N-ethyl adjacent to an activating group) is 1. The number of hydrogen-bond donors (Lipinski definition) is 1. The summed E-state index contributed by atoms with van der Waals surface area (Å²) in [4.78, 5) is 15.3. The van der Waals surface area contributed by atoms with Gasteiger partial charge in [-0.1, -0.05) is 12.1 Å². The van der Waals surface area contributed by atoms with E-state index in [9.17, 15) is 4.79 Å². The number of nitrogens with two attached hydrogens (primary N) is 1. The topological polar surface area (TPSA) is 68.0 Å². The van der Waals surface area contributed by atoms with Crippen LogP contribution in [0.25, 0.3) is 0 Å². The van der Waals surface area contributed by atoms with Crippen LogP contribution in [0.15, 0.2) is 24.3 Å². The number of nitrogens with zero attached hydrogens (tertiary/aromatic N) is 2. The third kappa shape index (κ3) is 5.63. The Kier molecular flexibility index (Phi) is 6.18. The summed E-state index contributed by atoms with van der Waals surface area (Å²) in [6.07, 6.45) is 0.248. The Morgan fingerprint density at radius 2 is 2.32 bits per heavy atom. The fraction of sp³-hybridized carbons (Fsp3) is 0.562. The van der Waals surface area contributed by atoms with Crippen molar-refractivity contribution < 1.29 is 14.3 Å². The van der Waals surface area contributed by atoms with Crippen molar-refractivity contribution in [1.29, 1.82) is 0 Å². The van der Waals surface area contributed by atoms with E-state index in [-0.39, 0.29) is 12.7 Å². The van der Waals surface area contributed by atoms with Crippen LogP contribution in [0.2, 0.25) is 0 Å². The van der Waals surface area contributed by atoms with E-state index in [1.165, 1.54) is 0 Å². The number of carbonyl (C=O) groups is 1. The Labute approximate surface area is 131 Å². The van der Waals surface area contributed by atoms with Crippen LogP contribution < -0.4 is 10.5 Å². The molecular formula is C16H25N3O3. The van der Waals surface area contributed by atoms with E-state index in [4.69, 9.17) is 15.2 Å². The molecule has 22 heavy (non-hydrogen) atoms. The van der Waals surface area contributed by atoms with Crippen molar-refractivity contribution in [3.63, 3.8) is 0 Å². The van der Waals surface area contributed by atoms with Crippen LogP contribution in [-0.4, -0.2) is 68.8 Å². The zero-order valence-corrected chi connectivity index (χ0v) is 13.3. The molecule has 1 aromatic rings. The lowest BCUT2D eigenvalue weighted by Gasteiger charge is -2.34. The standard InChI is InChI=1S/C16H25N3O3/c1-18(2)10-15-11-19(6-7-21-15)9-13-4-3-5-14(8-13)22-12-16(17)20/h3-5,8,15H,6-7,9-12H2,1-2H3,(H2,17,20)/t15-/m0/s1.